The third kappa shape index (κ3) is 4.24. The summed E-state index contributed by atoms with van der Waals surface area (Å²) in [7, 11) is -1.06. The highest BCUT2D eigenvalue weighted by Crippen LogP contribution is 2.33. The van der Waals surface area contributed by atoms with Gasteiger partial charge in [0.25, 0.3) is 15.9 Å². The zero-order valence-electron chi connectivity index (χ0n) is 17.7. The number of aryl methyl sites for hydroxylation is 1. The number of carbonyl (C=O) groups excluding carboxylic acids is 1. The maximum absolute atomic E-state index is 13.1. The van der Waals surface area contributed by atoms with Crippen molar-refractivity contribution in [2.45, 2.75) is 17.7 Å². The Labute approximate surface area is 186 Å². The number of hydrogen-bond acceptors (Lipinski definition) is 6. The molecule has 0 spiro atoms. The molecular formula is C23H23N3O5S. The van der Waals surface area contributed by atoms with E-state index in [1.54, 1.807) is 59.8 Å². The number of carbonyl (C=O) groups is 1. The Balaban J connectivity index is 1.63. The molecule has 32 heavy (non-hydrogen) atoms. The number of amides is 1. The second-order valence-corrected chi connectivity index (χ2v) is 8.92. The van der Waals surface area contributed by atoms with Crippen molar-refractivity contribution in [3.05, 3.63) is 72.1 Å². The molecule has 0 atom stereocenters. The van der Waals surface area contributed by atoms with E-state index in [-0.39, 0.29) is 16.6 Å². The van der Waals surface area contributed by atoms with E-state index < -0.39 is 10.0 Å². The van der Waals surface area contributed by atoms with Crippen molar-refractivity contribution in [2.24, 2.45) is 0 Å². The van der Waals surface area contributed by atoms with Crippen LogP contribution in [0.25, 0.3) is 0 Å². The van der Waals surface area contributed by atoms with Crippen molar-refractivity contribution in [1.82, 2.24) is 4.98 Å². The fourth-order valence-corrected chi connectivity index (χ4v) is 4.96. The lowest BCUT2D eigenvalue weighted by atomic mass is 10.0. The minimum Gasteiger partial charge on any atom is -0.497 e. The molecule has 3 aromatic rings. The van der Waals surface area contributed by atoms with Gasteiger partial charge in [-0.3, -0.25) is 14.5 Å². The number of pyridine rings is 1. The second kappa shape index (κ2) is 8.88. The van der Waals surface area contributed by atoms with Crippen molar-refractivity contribution < 1.29 is 22.7 Å². The van der Waals surface area contributed by atoms with Crippen molar-refractivity contribution in [2.75, 3.05) is 30.4 Å². The molecule has 2 heterocycles. The Bertz CT molecular complexity index is 1250. The number of nitrogens with zero attached hydrogens (tertiary/aromatic N) is 2. The molecule has 1 aliphatic rings. The molecule has 2 aromatic carbocycles. The lowest BCUT2D eigenvalue weighted by molar-refractivity contribution is 0.0984. The van der Waals surface area contributed by atoms with E-state index in [9.17, 15) is 13.2 Å². The summed E-state index contributed by atoms with van der Waals surface area (Å²) in [5, 5.41) is 0. The fourth-order valence-electron chi connectivity index (χ4n) is 3.72. The topological polar surface area (TPSA) is 97.8 Å². The monoisotopic (exact) mass is 453 g/mol. The Morgan fingerprint density at radius 1 is 1.09 bits per heavy atom. The zero-order chi connectivity index (χ0) is 22.7. The largest absolute Gasteiger partial charge is 0.497 e. The number of hydrogen-bond donors (Lipinski definition) is 1. The smallest absolute Gasteiger partial charge is 0.265 e. The van der Waals surface area contributed by atoms with Gasteiger partial charge in [0.15, 0.2) is 0 Å². The molecule has 1 aromatic heterocycles. The number of nitrogens with one attached hydrogen (secondary N) is 1. The minimum absolute atomic E-state index is 0.0227. The van der Waals surface area contributed by atoms with E-state index in [1.807, 2.05) is 0 Å². The molecule has 0 bridgehead atoms. The van der Waals surface area contributed by atoms with Crippen molar-refractivity contribution in [3.8, 4) is 11.5 Å². The number of ether oxygens (including phenoxy) is 2. The maximum Gasteiger partial charge on any atom is 0.265 e. The van der Waals surface area contributed by atoms with Gasteiger partial charge < -0.3 is 14.4 Å². The van der Waals surface area contributed by atoms with Crippen LogP contribution in [0.5, 0.6) is 11.5 Å². The van der Waals surface area contributed by atoms with Gasteiger partial charge in [-0.2, -0.15) is 0 Å². The second-order valence-electron chi connectivity index (χ2n) is 7.27. The average Bonchev–Trinajstić information content (AvgIpc) is 2.83. The van der Waals surface area contributed by atoms with Crippen LogP contribution in [0, 0.1) is 0 Å². The van der Waals surface area contributed by atoms with E-state index in [1.165, 1.54) is 20.3 Å². The van der Waals surface area contributed by atoms with Gasteiger partial charge in [0, 0.05) is 36.4 Å². The Morgan fingerprint density at radius 2 is 1.94 bits per heavy atom. The summed E-state index contributed by atoms with van der Waals surface area (Å²) in [5.41, 5.74) is 2.58. The van der Waals surface area contributed by atoms with Crippen LogP contribution in [0.15, 0.2) is 65.8 Å². The average molecular weight is 454 g/mol. The van der Waals surface area contributed by atoms with Gasteiger partial charge in [0.05, 0.1) is 19.8 Å². The molecule has 4 rings (SSSR count). The van der Waals surface area contributed by atoms with Gasteiger partial charge in [-0.15, -0.1) is 0 Å². The highest BCUT2D eigenvalue weighted by molar-refractivity contribution is 7.92. The standard InChI is InChI=1S/C23H23N3O5S/c1-30-19-8-10-21(31-2)22(14-19)32(28,29)25-18-7-9-20-16(13-18)6-4-12-26(20)23(27)17-5-3-11-24-15-17/h3,5,7-11,13-15,25H,4,6,12H2,1-2H3. The maximum atomic E-state index is 13.1. The van der Waals surface area contributed by atoms with Crippen LogP contribution in [0.2, 0.25) is 0 Å². The number of methoxy groups -OCH3 is 2. The lowest BCUT2D eigenvalue weighted by Gasteiger charge is -2.30. The molecule has 1 aliphatic heterocycles. The van der Waals surface area contributed by atoms with Gasteiger partial charge in [-0.05, 0) is 60.9 Å². The van der Waals surface area contributed by atoms with E-state index in [0.717, 1.165) is 24.1 Å². The molecule has 0 saturated heterocycles. The molecule has 0 saturated carbocycles. The Kier molecular flexibility index (Phi) is 6.00. The summed E-state index contributed by atoms with van der Waals surface area (Å²) in [5.74, 6) is 0.485. The molecule has 1 amide bonds. The lowest BCUT2D eigenvalue weighted by Crippen LogP contribution is -2.35. The first-order valence-electron chi connectivity index (χ1n) is 10.0. The number of aromatic nitrogens is 1. The van der Waals surface area contributed by atoms with Gasteiger partial charge in [-0.1, -0.05) is 0 Å². The molecule has 0 fully saturated rings. The van der Waals surface area contributed by atoms with Crippen molar-refractivity contribution in [3.63, 3.8) is 0 Å². The van der Waals surface area contributed by atoms with Crippen LogP contribution in [0.4, 0.5) is 11.4 Å². The minimum atomic E-state index is -3.93. The van der Waals surface area contributed by atoms with E-state index in [0.29, 0.717) is 23.5 Å². The van der Waals surface area contributed by atoms with Crippen LogP contribution >= 0.6 is 0 Å². The Hall–Kier alpha value is -3.59. The molecule has 166 valence electrons. The predicted molar refractivity (Wildman–Crippen MR) is 121 cm³/mol. The highest BCUT2D eigenvalue weighted by atomic mass is 32.2. The van der Waals surface area contributed by atoms with Gasteiger partial charge in [0.1, 0.15) is 16.4 Å². The molecule has 9 heteroatoms. The van der Waals surface area contributed by atoms with Crippen LogP contribution in [0.1, 0.15) is 22.3 Å². The zero-order valence-corrected chi connectivity index (χ0v) is 18.6. The first-order chi connectivity index (χ1) is 15.4. The first-order valence-corrected chi connectivity index (χ1v) is 11.5. The molecular weight excluding hydrogens is 430 g/mol. The number of rotatable bonds is 6. The van der Waals surface area contributed by atoms with Gasteiger partial charge in [0.2, 0.25) is 0 Å². The molecule has 0 unspecified atom stereocenters. The van der Waals surface area contributed by atoms with Crippen LogP contribution < -0.4 is 19.1 Å². The highest BCUT2D eigenvalue weighted by Gasteiger charge is 2.25. The van der Waals surface area contributed by atoms with Gasteiger partial charge in [-0.25, -0.2) is 8.42 Å². The van der Waals surface area contributed by atoms with Gasteiger partial charge >= 0.3 is 0 Å². The molecule has 1 N–H and O–H groups in total. The summed E-state index contributed by atoms with van der Waals surface area (Å²) < 4.78 is 39.1. The third-order valence-electron chi connectivity index (χ3n) is 5.26. The molecule has 0 radical (unpaired) electrons. The summed E-state index contributed by atoms with van der Waals surface area (Å²) >= 11 is 0. The Morgan fingerprint density at radius 3 is 2.66 bits per heavy atom. The molecule has 8 nitrogen and oxygen atoms in total. The third-order valence-corrected chi connectivity index (χ3v) is 6.67. The number of anilines is 2. The summed E-state index contributed by atoms with van der Waals surface area (Å²) in [6.45, 7) is 0.590. The fraction of sp³-hybridized carbons (Fsp3) is 0.217. The van der Waals surface area contributed by atoms with Crippen LogP contribution in [0.3, 0.4) is 0 Å². The van der Waals surface area contributed by atoms with Crippen molar-refractivity contribution in [1.29, 1.82) is 0 Å². The molecule has 0 aliphatic carbocycles. The van der Waals surface area contributed by atoms with Crippen LogP contribution in [-0.2, 0) is 16.4 Å². The number of sulfonamides is 1. The van der Waals surface area contributed by atoms with E-state index in [2.05, 4.69) is 9.71 Å². The van der Waals surface area contributed by atoms with E-state index >= 15 is 0 Å². The number of fused-ring (bicyclic) bond motifs is 1. The normalized spacial score (nSPS) is 13.2. The number of benzene rings is 2. The quantitative estimate of drug-likeness (QED) is 0.614. The SMILES string of the molecule is COc1ccc(OC)c(S(=O)(=O)Nc2ccc3c(c2)CCCN3C(=O)c2cccnc2)c1. The van der Waals surface area contributed by atoms with E-state index in [4.69, 9.17) is 9.47 Å². The summed E-state index contributed by atoms with van der Waals surface area (Å²) in [4.78, 5) is 18.6. The predicted octanol–water partition coefficient (Wildman–Crippen LogP) is 3.49. The summed E-state index contributed by atoms with van der Waals surface area (Å²) in [6.07, 6.45) is 4.68. The first kappa shape index (κ1) is 21.6. The summed E-state index contributed by atoms with van der Waals surface area (Å²) in [6, 6.07) is 13.2. The van der Waals surface area contributed by atoms with Crippen LogP contribution in [-0.4, -0.2) is 40.1 Å². The van der Waals surface area contributed by atoms with Crippen molar-refractivity contribution >= 4 is 27.3 Å².